The van der Waals surface area contributed by atoms with E-state index >= 15 is 0 Å². The lowest BCUT2D eigenvalue weighted by molar-refractivity contribution is 0.0958. The lowest BCUT2D eigenvalue weighted by Gasteiger charge is -2.03. The number of ether oxygens (including phenoxy) is 3. The number of fused-ring (bicyclic) bond motifs is 1. The van der Waals surface area contributed by atoms with Gasteiger partial charge in [-0.05, 0) is 30.3 Å². The Labute approximate surface area is 134 Å². The van der Waals surface area contributed by atoms with E-state index in [1.165, 1.54) is 0 Å². The standard InChI is InChI=1S/C18H15NO4/c1-21-15-7-3-2-5-13(15)6-4-10-19-18(20)14-8-9-16-17(11-14)23-12-22-16/h2-3,5,7-9,11H,10,12H2,1H3,(H,19,20). The minimum absolute atomic E-state index is 0.185. The number of amides is 1. The molecule has 1 heterocycles. The normalized spacial score (nSPS) is 11.3. The molecule has 5 heteroatoms. The minimum atomic E-state index is -0.211. The molecule has 0 saturated carbocycles. The molecule has 1 aliphatic heterocycles. The van der Waals surface area contributed by atoms with E-state index in [2.05, 4.69) is 17.2 Å². The van der Waals surface area contributed by atoms with Crippen LogP contribution in [0.15, 0.2) is 42.5 Å². The molecule has 1 aliphatic rings. The van der Waals surface area contributed by atoms with E-state index in [4.69, 9.17) is 14.2 Å². The summed E-state index contributed by atoms with van der Waals surface area (Å²) in [6, 6.07) is 12.5. The van der Waals surface area contributed by atoms with Gasteiger partial charge >= 0.3 is 0 Å². The smallest absolute Gasteiger partial charge is 0.252 e. The summed E-state index contributed by atoms with van der Waals surface area (Å²) in [4.78, 5) is 12.1. The number of para-hydroxylation sites is 1. The summed E-state index contributed by atoms with van der Waals surface area (Å²) in [5.41, 5.74) is 1.29. The Morgan fingerprint density at radius 2 is 2.04 bits per heavy atom. The van der Waals surface area contributed by atoms with E-state index in [0.717, 1.165) is 5.56 Å². The zero-order valence-corrected chi connectivity index (χ0v) is 12.6. The summed E-state index contributed by atoms with van der Waals surface area (Å²) in [5.74, 6) is 7.62. The average molecular weight is 309 g/mol. The van der Waals surface area contributed by atoms with Crippen molar-refractivity contribution in [1.29, 1.82) is 0 Å². The summed E-state index contributed by atoms with van der Waals surface area (Å²) in [7, 11) is 1.60. The first-order chi connectivity index (χ1) is 11.3. The third kappa shape index (κ3) is 3.38. The van der Waals surface area contributed by atoms with Gasteiger partial charge in [0.05, 0.1) is 19.2 Å². The topological polar surface area (TPSA) is 56.8 Å². The van der Waals surface area contributed by atoms with Crippen molar-refractivity contribution in [3.63, 3.8) is 0 Å². The molecule has 0 atom stereocenters. The Hall–Kier alpha value is -3.13. The number of methoxy groups -OCH3 is 1. The lowest BCUT2D eigenvalue weighted by atomic mass is 10.2. The van der Waals surface area contributed by atoms with E-state index in [0.29, 0.717) is 22.8 Å². The van der Waals surface area contributed by atoms with E-state index in [1.54, 1.807) is 25.3 Å². The van der Waals surface area contributed by atoms with Crippen LogP contribution in [0, 0.1) is 11.8 Å². The molecule has 2 aromatic carbocycles. The first-order valence-corrected chi connectivity index (χ1v) is 7.07. The Morgan fingerprint density at radius 1 is 1.22 bits per heavy atom. The molecule has 0 unspecified atom stereocenters. The maximum absolute atomic E-state index is 12.1. The molecule has 23 heavy (non-hydrogen) atoms. The van der Waals surface area contributed by atoms with Crippen LogP contribution in [0.4, 0.5) is 0 Å². The zero-order valence-electron chi connectivity index (χ0n) is 12.6. The second-order valence-electron chi connectivity index (χ2n) is 4.75. The predicted molar refractivity (Wildman–Crippen MR) is 84.8 cm³/mol. The maximum atomic E-state index is 12.1. The molecule has 0 aromatic heterocycles. The molecule has 0 radical (unpaired) electrons. The third-order valence-corrected chi connectivity index (χ3v) is 3.30. The summed E-state index contributed by atoms with van der Waals surface area (Å²) in [6.45, 7) is 0.427. The first kappa shape index (κ1) is 14.8. The van der Waals surface area contributed by atoms with Crippen LogP contribution in [0.25, 0.3) is 0 Å². The summed E-state index contributed by atoms with van der Waals surface area (Å²) < 4.78 is 15.7. The van der Waals surface area contributed by atoms with Crippen molar-refractivity contribution < 1.29 is 19.0 Å². The van der Waals surface area contributed by atoms with Crippen LogP contribution in [0.2, 0.25) is 0 Å². The van der Waals surface area contributed by atoms with Gasteiger partial charge in [0.15, 0.2) is 11.5 Å². The molecule has 5 nitrogen and oxygen atoms in total. The minimum Gasteiger partial charge on any atom is -0.495 e. The molecule has 0 saturated heterocycles. The molecular weight excluding hydrogens is 294 g/mol. The van der Waals surface area contributed by atoms with Gasteiger partial charge in [0.25, 0.3) is 5.91 Å². The monoisotopic (exact) mass is 309 g/mol. The molecular formula is C18H15NO4. The van der Waals surface area contributed by atoms with E-state index in [9.17, 15) is 4.79 Å². The largest absolute Gasteiger partial charge is 0.495 e. The van der Waals surface area contributed by atoms with Gasteiger partial charge in [-0.1, -0.05) is 24.0 Å². The Balaban J connectivity index is 1.61. The van der Waals surface area contributed by atoms with E-state index in [1.807, 2.05) is 24.3 Å². The summed E-state index contributed by atoms with van der Waals surface area (Å²) in [6.07, 6.45) is 0. The van der Waals surface area contributed by atoms with Gasteiger partial charge in [-0.25, -0.2) is 0 Å². The number of nitrogens with one attached hydrogen (secondary N) is 1. The molecule has 0 aliphatic carbocycles. The van der Waals surface area contributed by atoms with Crippen LogP contribution in [-0.2, 0) is 0 Å². The zero-order chi connectivity index (χ0) is 16.1. The number of rotatable bonds is 3. The van der Waals surface area contributed by atoms with Crippen molar-refractivity contribution in [2.24, 2.45) is 0 Å². The number of carbonyl (C=O) groups excluding carboxylic acids is 1. The molecule has 1 N–H and O–H groups in total. The van der Waals surface area contributed by atoms with Crippen LogP contribution < -0.4 is 19.5 Å². The van der Waals surface area contributed by atoms with Crippen LogP contribution in [0.1, 0.15) is 15.9 Å². The van der Waals surface area contributed by atoms with Crippen LogP contribution >= 0.6 is 0 Å². The highest BCUT2D eigenvalue weighted by atomic mass is 16.7. The molecule has 116 valence electrons. The van der Waals surface area contributed by atoms with Gasteiger partial charge in [0, 0.05) is 5.56 Å². The molecule has 0 spiro atoms. The number of hydrogen-bond acceptors (Lipinski definition) is 4. The fourth-order valence-corrected chi connectivity index (χ4v) is 2.15. The van der Waals surface area contributed by atoms with Gasteiger partial charge < -0.3 is 19.5 Å². The Morgan fingerprint density at radius 3 is 2.91 bits per heavy atom. The van der Waals surface area contributed by atoms with Gasteiger partial charge in [-0.2, -0.15) is 0 Å². The molecule has 1 amide bonds. The summed E-state index contributed by atoms with van der Waals surface area (Å²) >= 11 is 0. The van der Waals surface area contributed by atoms with Gasteiger partial charge in [0.2, 0.25) is 6.79 Å². The molecule has 2 aromatic rings. The van der Waals surface area contributed by atoms with Crippen LogP contribution in [-0.4, -0.2) is 26.4 Å². The highest BCUT2D eigenvalue weighted by molar-refractivity contribution is 5.95. The fourth-order valence-electron chi connectivity index (χ4n) is 2.15. The lowest BCUT2D eigenvalue weighted by Crippen LogP contribution is -2.23. The van der Waals surface area contributed by atoms with Crippen molar-refractivity contribution in [2.75, 3.05) is 20.4 Å². The molecule has 3 rings (SSSR count). The van der Waals surface area contributed by atoms with Crippen molar-refractivity contribution in [2.45, 2.75) is 0 Å². The van der Waals surface area contributed by atoms with E-state index in [-0.39, 0.29) is 19.2 Å². The average Bonchev–Trinajstić information content (AvgIpc) is 3.06. The molecule has 0 bridgehead atoms. The van der Waals surface area contributed by atoms with Gasteiger partial charge in [-0.3, -0.25) is 4.79 Å². The molecule has 0 fully saturated rings. The van der Waals surface area contributed by atoms with Crippen molar-refractivity contribution in [3.05, 3.63) is 53.6 Å². The first-order valence-electron chi connectivity index (χ1n) is 7.07. The SMILES string of the molecule is COc1ccccc1C#CCNC(=O)c1ccc2c(c1)OCO2. The van der Waals surface area contributed by atoms with Crippen molar-refractivity contribution >= 4 is 5.91 Å². The summed E-state index contributed by atoms with van der Waals surface area (Å²) in [5, 5.41) is 2.75. The maximum Gasteiger partial charge on any atom is 0.252 e. The van der Waals surface area contributed by atoms with Crippen molar-refractivity contribution in [1.82, 2.24) is 5.32 Å². The van der Waals surface area contributed by atoms with Crippen molar-refractivity contribution in [3.8, 4) is 29.1 Å². The second-order valence-corrected chi connectivity index (χ2v) is 4.75. The quantitative estimate of drug-likeness (QED) is 0.883. The highest BCUT2D eigenvalue weighted by Crippen LogP contribution is 2.32. The Kier molecular flexibility index (Phi) is 4.34. The fraction of sp³-hybridized carbons (Fsp3) is 0.167. The number of benzene rings is 2. The van der Waals surface area contributed by atoms with Crippen LogP contribution in [0.5, 0.6) is 17.2 Å². The highest BCUT2D eigenvalue weighted by Gasteiger charge is 2.15. The predicted octanol–water partition coefficient (Wildman–Crippen LogP) is 2.21. The number of hydrogen-bond donors (Lipinski definition) is 1. The van der Waals surface area contributed by atoms with E-state index < -0.39 is 0 Å². The van der Waals surface area contributed by atoms with Gasteiger partial charge in [-0.15, -0.1) is 0 Å². The number of carbonyl (C=O) groups is 1. The third-order valence-electron chi connectivity index (χ3n) is 3.30. The second kappa shape index (κ2) is 6.75. The Bertz CT molecular complexity index is 789. The van der Waals surface area contributed by atoms with Crippen LogP contribution in [0.3, 0.4) is 0 Å². The van der Waals surface area contributed by atoms with Gasteiger partial charge in [0.1, 0.15) is 5.75 Å².